The summed E-state index contributed by atoms with van der Waals surface area (Å²) in [4.78, 5) is 20.7. The minimum atomic E-state index is -0.115. The molecule has 0 aliphatic heterocycles. The van der Waals surface area contributed by atoms with Crippen molar-refractivity contribution < 1.29 is 4.79 Å². The highest BCUT2D eigenvalue weighted by Crippen LogP contribution is 2.27. The van der Waals surface area contributed by atoms with E-state index in [4.69, 9.17) is 4.98 Å². The molecule has 3 aromatic carbocycles. The molecule has 6 nitrogen and oxygen atoms in total. The third-order valence-corrected chi connectivity index (χ3v) is 4.70. The topological polar surface area (TPSA) is 78.9 Å². The fraction of sp³-hybridized carbons (Fsp3) is 0.125. The van der Waals surface area contributed by atoms with Gasteiger partial charge in [0.2, 0.25) is 11.9 Å². The van der Waals surface area contributed by atoms with E-state index in [0.717, 1.165) is 22.4 Å². The van der Waals surface area contributed by atoms with Crippen LogP contribution >= 0.6 is 0 Å². The molecule has 0 radical (unpaired) electrons. The van der Waals surface area contributed by atoms with E-state index >= 15 is 0 Å². The number of benzene rings is 3. The zero-order valence-electron chi connectivity index (χ0n) is 16.9. The van der Waals surface area contributed by atoms with Gasteiger partial charge in [0, 0.05) is 29.7 Å². The van der Waals surface area contributed by atoms with Crippen LogP contribution in [0.2, 0.25) is 0 Å². The van der Waals surface area contributed by atoms with Gasteiger partial charge in [-0.05, 0) is 42.8 Å². The lowest BCUT2D eigenvalue weighted by Gasteiger charge is -2.17. The van der Waals surface area contributed by atoms with Crippen molar-refractivity contribution in [1.82, 2.24) is 9.97 Å². The summed E-state index contributed by atoms with van der Waals surface area (Å²) in [6.45, 7) is 3.59. The van der Waals surface area contributed by atoms with Crippen LogP contribution in [0.25, 0.3) is 10.9 Å². The number of hydrogen-bond donors (Lipinski definition) is 3. The van der Waals surface area contributed by atoms with Crippen LogP contribution in [0.5, 0.6) is 0 Å². The first-order chi connectivity index (χ1) is 14.6. The average Bonchev–Trinajstić information content (AvgIpc) is 2.74. The van der Waals surface area contributed by atoms with E-state index in [1.165, 1.54) is 12.5 Å². The molecule has 150 valence electrons. The van der Waals surface area contributed by atoms with E-state index in [1.807, 2.05) is 66.7 Å². The summed E-state index contributed by atoms with van der Waals surface area (Å²) < 4.78 is 0. The lowest BCUT2D eigenvalue weighted by molar-refractivity contribution is -0.114. The highest BCUT2D eigenvalue weighted by atomic mass is 16.1. The maximum absolute atomic E-state index is 11.3. The predicted molar refractivity (Wildman–Crippen MR) is 122 cm³/mol. The molecule has 4 aromatic rings. The van der Waals surface area contributed by atoms with E-state index in [2.05, 4.69) is 40.0 Å². The summed E-state index contributed by atoms with van der Waals surface area (Å²) in [6.07, 6.45) is 0. The Kier molecular flexibility index (Phi) is 5.57. The van der Waals surface area contributed by atoms with Crippen molar-refractivity contribution in [3.8, 4) is 0 Å². The molecule has 6 heteroatoms. The first-order valence-electron chi connectivity index (χ1n) is 9.81. The number of amides is 1. The summed E-state index contributed by atoms with van der Waals surface area (Å²) in [5.41, 5.74) is 3.52. The summed E-state index contributed by atoms with van der Waals surface area (Å²) in [5.74, 6) is 1.13. The van der Waals surface area contributed by atoms with E-state index in [0.29, 0.717) is 11.6 Å². The zero-order chi connectivity index (χ0) is 20.9. The van der Waals surface area contributed by atoms with Crippen molar-refractivity contribution in [2.45, 2.75) is 19.9 Å². The summed E-state index contributed by atoms with van der Waals surface area (Å²) in [7, 11) is 0. The van der Waals surface area contributed by atoms with Gasteiger partial charge in [-0.1, -0.05) is 48.5 Å². The molecule has 0 aliphatic rings. The Morgan fingerprint density at radius 2 is 1.60 bits per heavy atom. The number of carbonyl (C=O) groups is 1. The Morgan fingerprint density at radius 3 is 2.40 bits per heavy atom. The standard InChI is InChI=1S/C24H23N5O/c1-16(18-9-4-3-5-10-18)25-23-21-13-6-7-14-22(21)28-24(29-23)27-20-12-8-11-19(15-20)26-17(2)30/h3-16H,1-2H3,(H,26,30)(H2,25,27,28,29)/t16-/m1/s1. The second-order valence-electron chi connectivity index (χ2n) is 7.08. The maximum atomic E-state index is 11.3. The first-order valence-corrected chi connectivity index (χ1v) is 9.81. The van der Waals surface area contributed by atoms with Gasteiger partial charge in [0.25, 0.3) is 0 Å². The minimum Gasteiger partial charge on any atom is -0.363 e. The second kappa shape index (κ2) is 8.61. The number of fused-ring (bicyclic) bond motifs is 1. The zero-order valence-corrected chi connectivity index (χ0v) is 16.9. The van der Waals surface area contributed by atoms with Crippen LogP contribution in [0.3, 0.4) is 0 Å². The lowest BCUT2D eigenvalue weighted by atomic mass is 10.1. The smallest absolute Gasteiger partial charge is 0.229 e. The van der Waals surface area contributed by atoms with Crippen LogP contribution in [-0.4, -0.2) is 15.9 Å². The van der Waals surface area contributed by atoms with Gasteiger partial charge in [0.15, 0.2) is 0 Å². The maximum Gasteiger partial charge on any atom is 0.229 e. The molecule has 1 atom stereocenters. The minimum absolute atomic E-state index is 0.0838. The van der Waals surface area contributed by atoms with Crippen molar-refractivity contribution in [2.75, 3.05) is 16.0 Å². The fourth-order valence-corrected chi connectivity index (χ4v) is 3.28. The van der Waals surface area contributed by atoms with Gasteiger partial charge in [-0.3, -0.25) is 4.79 Å². The van der Waals surface area contributed by atoms with E-state index in [1.54, 1.807) is 0 Å². The predicted octanol–water partition coefficient (Wildman–Crippen LogP) is 5.50. The van der Waals surface area contributed by atoms with Crippen molar-refractivity contribution in [1.29, 1.82) is 0 Å². The molecule has 0 bridgehead atoms. The van der Waals surface area contributed by atoms with Crippen molar-refractivity contribution >= 4 is 40.0 Å². The monoisotopic (exact) mass is 397 g/mol. The van der Waals surface area contributed by atoms with E-state index in [9.17, 15) is 4.79 Å². The fourth-order valence-electron chi connectivity index (χ4n) is 3.28. The van der Waals surface area contributed by atoms with Crippen molar-refractivity contribution in [2.24, 2.45) is 0 Å². The molecular weight excluding hydrogens is 374 g/mol. The molecule has 0 aliphatic carbocycles. The number of nitrogens with one attached hydrogen (secondary N) is 3. The molecule has 3 N–H and O–H groups in total. The van der Waals surface area contributed by atoms with Crippen molar-refractivity contribution in [3.63, 3.8) is 0 Å². The number of para-hydroxylation sites is 1. The number of carbonyl (C=O) groups excluding carboxylic acids is 1. The molecule has 0 saturated heterocycles. The molecular formula is C24H23N5O. The van der Waals surface area contributed by atoms with Crippen LogP contribution in [0.4, 0.5) is 23.1 Å². The highest BCUT2D eigenvalue weighted by molar-refractivity contribution is 5.91. The van der Waals surface area contributed by atoms with Gasteiger partial charge < -0.3 is 16.0 Å². The summed E-state index contributed by atoms with van der Waals surface area (Å²) in [6, 6.07) is 25.7. The third kappa shape index (κ3) is 4.55. The van der Waals surface area contributed by atoms with Crippen LogP contribution < -0.4 is 16.0 Å². The quantitative estimate of drug-likeness (QED) is 0.400. The van der Waals surface area contributed by atoms with Gasteiger partial charge in [-0.2, -0.15) is 4.98 Å². The van der Waals surface area contributed by atoms with E-state index in [-0.39, 0.29) is 11.9 Å². The third-order valence-electron chi connectivity index (χ3n) is 4.70. The number of aromatic nitrogens is 2. The normalized spacial score (nSPS) is 11.7. The Morgan fingerprint density at radius 1 is 0.867 bits per heavy atom. The van der Waals surface area contributed by atoms with Crippen LogP contribution in [-0.2, 0) is 4.79 Å². The molecule has 1 heterocycles. The van der Waals surface area contributed by atoms with E-state index < -0.39 is 0 Å². The molecule has 1 aromatic heterocycles. The first kappa shape index (κ1) is 19.4. The number of nitrogens with zero attached hydrogens (tertiary/aromatic N) is 2. The Bertz CT molecular complexity index is 1180. The molecule has 0 spiro atoms. The number of hydrogen-bond acceptors (Lipinski definition) is 5. The van der Waals surface area contributed by atoms with Gasteiger partial charge >= 0.3 is 0 Å². The highest BCUT2D eigenvalue weighted by Gasteiger charge is 2.12. The summed E-state index contributed by atoms with van der Waals surface area (Å²) >= 11 is 0. The van der Waals surface area contributed by atoms with Crippen LogP contribution in [0.15, 0.2) is 78.9 Å². The summed E-state index contributed by atoms with van der Waals surface area (Å²) in [5, 5.41) is 10.5. The largest absolute Gasteiger partial charge is 0.363 e. The molecule has 0 fully saturated rings. The second-order valence-corrected chi connectivity index (χ2v) is 7.08. The Balaban J connectivity index is 1.66. The Labute approximate surface area is 175 Å². The number of rotatable bonds is 6. The molecule has 0 unspecified atom stereocenters. The average molecular weight is 397 g/mol. The lowest BCUT2D eigenvalue weighted by Crippen LogP contribution is -2.10. The van der Waals surface area contributed by atoms with Crippen LogP contribution in [0.1, 0.15) is 25.5 Å². The van der Waals surface area contributed by atoms with Crippen molar-refractivity contribution in [3.05, 3.63) is 84.4 Å². The molecule has 30 heavy (non-hydrogen) atoms. The van der Waals surface area contributed by atoms with Crippen LogP contribution in [0, 0.1) is 0 Å². The van der Waals surface area contributed by atoms with Gasteiger partial charge in [0.1, 0.15) is 5.82 Å². The van der Waals surface area contributed by atoms with Gasteiger partial charge in [0.05, 0.1) is 5.52 Å². The van der Waals surface area contributed by atoms with Gasteiger partial charge in [-0.15, -0.1) is 0 Å². The molecule has 4 rings (SSSR count). The van der Waals surface area contributed by atoms with Gasteiger partial charge in [-0.25, -0.2) is 4.98 Å². The SMILES string of the molecule is CC(=O)Nc1cccc(Nc2nc(N[C@H](C)c3ccccc3)c3ccccc3n2)c1. The Hall–Kier alpha value is -3.93. The molecule has 0 saturated carbocycles. The number of anilines is 4. The molecule has 1 amide bonds.